The molecule has 3 heteroatoms. The Balaban J connectivity index is 2.05. The third-order valence-corrected chi connectivity index (χ3v) is 3.42. The van der Waals surface area contributed by atoms with Crippen molar-refractivity contribution in [2.75, 3.05) is 13.7 Å². The van der Waals surface area contributed by atoms with E-state index in [2.05, 4.69) is 12.2 Å². The molecule has 0 saturated heterocycles. The molecule has 0 radical (unpaired) electrons. The largest absolute Gasteiger partial charge is 0.469 e. The highest BCUT2D eigenvalue weighted by atomic mass is 16.5. The first-order valence-corrected chi connectivity index (χ1v) is 6.02. The average molecular weight is 233 g/mol. The lowest BCUT2D eigenvalue weighted by atomic mass is 9.99. The third kappa shape index (κ3) is 3.07. The van der Waals surface area contributed by atoms with Gasteiger partial charge in [-0.05, 0) is 25.3 Å². The number of carbonyl (C=O) groups is 1. The van der Waals surface area contributed by atoms with Crippen LogP contribution in [0.25, 0.3) is 0 Å². The van der Waals surface area contributed by atoms with Crippen LogP contribution in [0, 0.1) is 0 Å². The summed E-state index contributed by atoms with van der Waals surface area (Å²) in [6.45, 7) is 2.83. The molecule has 0 heterocycles. The maximum Gasteiger partial charge on any atom is 0.314 e. The van der Waals surface area contributed by atoms with Crippen LogP contribution in [-0.4, -0.2) is 25.2 Å². The van der Waals surface area contributed by atoms with Crippen molar-refractivity contribution in [1.82, 2.24) is 5.32 Å². The Labute approximate surface area is 102 Å². The van der Waals surface area contributed by atoms with Gasteiger partial charge in [-0.1, -0.05) is 30.3 Å². The molecule has 1 atom stereocenters. The van der Waals surface area contributed by atoms with E-state index in [1.54, 1.807) is 0 Å². The summed E-state index contributed by atoms with van der Waals surface area (Å²) in [5.41, 5.74) is 1.25. The van der Waals surface area contributed by atoms with Gasteiger partial charge in [0.2, 0.25) is 0 Å². The Hall–Kier alpha value is -1.35. The lowest BCUT2D eigenvalue weighted by Gasteiger charge is -2.18. The molecule has 0 aromatic heterocycles. The second kappa shape index (κ2) is 4.88. The van der Waals surface area contributed by atoms with Crippen molar-refractivity contribution >= 4 is 5.97 Å². The van der Waals surface area contributed by atoms with Gasteiger partial charge in [0.25, 0.3) is 0 Å². The molecule has 17 heavy (non-hydrogen) atoms. The van der Waals surface area contributed by atoms with Gasteiger partial charge in [-0.2, -0.15) is 0 Å². The fraction of sp³-hybridized carbons (Fsp3) is 0.500. The van der Waals surface area contributed by atoms with Gasteiger partial charge >= 0.3 is 5.97 Å². The molecular weight excluding hydrogens is 214 g/mol. The monoisotopic (exact) mass is 233 g/mol. The van der Waals surface area contributed by atoms with Crippen LogP contribution in [0.3, 0.4) is 0 Å². The van der Waals surface area contributed by atoms with Gasteiger partial charge in [0.15, 0.2) is 0 Å². The van der Waals surface area contributed by atoms with Crippen molar-refractivity contribution in [3.63, 3.8) is 0 Å². The molecule has 1 N–H and O–H groups in total. The molecule has 1 fully saturated rings. The number of ether oxygens (including phenoxy) is 1. The summed E-state index contributed by atoms with van der Waals surface area (Å²) in [6, 6.07) is 9.79. The molecule has 0 amide bonds. The maximum absolute atomic E-state index is 11.8. The van der Waals surface area contributed by atoms with Crippen LogP contribution in [0.2, 0.25) is 0 Å². The number of methoxy groups -OCH3 is 1. The van der Waals surface area contributed by atoms with E-state index in [9.17, 15) is 4.79 Å². The molecule has 3 nitrogen and oxygen atoms in total. The first-order chi connectivity index (χ1) is 8.14. The predicted octanol–water partition coefficient (Wildman–Crippen LogP) is 2.09. The van der Waals surface area contributed by atoms with Crippen molar-refractivity contribution in [2.45, 2.75) is 31.2 Å². The number of hydrogen-bond acceptors (Lipinski definition) is 3. The zero-order chi connectivity index (χ0) is 12.3. The van der Waals surface area contributed by atoms with E-state index in [4.69, 9.17) is 4.74 Å². The first kappa shape index (κ1) is 12.1. The van der Waals surface area contributed by atoms with Gasteiger partial charge < -0.3 is 10.1 Å². The average Bonchev–Trinajstić information content (AvgIpc) is 3.09. The van der Waals surface area contributed by atoms with Crippen LogP contribution in [0.4, 0.5) is 0 Å². The number of hydrogen-bond donors (Lipinski definition) is 1. The highest BCUT2D eigenvalue weighted by molar-refractivity contribution is 5.78. The molecule has 0 spiro atoms. The van der Waals surface area contributed by atoms with E-state index in [1.807, 2.05) is 30.3 Å². The third-order valence-electron chi connectivity index (χ3n) is 3.42. The summed E-state index contributed by atoms with van der Waals surface area (Å²) in [4.78, 5) is 11.8. The van der Waals surface area contributed by atoms with E-state index in [0.717, 1.165) is 5.56 Å². The Morgan fingerprint density at radius 2 is 2.06 bits per heavy atom. The Kier molecular flexibility index (Phi) is 3.48. The molecule has 1 aromatic carbocycles. The van der Waals surface area contributed by atoms with Crippen LogP contribution in [0.15, 0.2) is 30.3 Å². The van der Waals surface area contributed by atoms with Gasteiger partial charge in [-0.3, -0.25) is 4.79 Å². The molecule has 1 aliphatic rings. The van der Waals surface area contributed by atoms with Crippen molar-refractivity contribution < 1.29 is 9.53 Å². The lowest BCUT2D eigenvalue weighted by Crippen LogP contribution is -2.35. The summed E-state index contributed by atoms with van der Waals surface area (Å²) in [6.07, 6.45) is 2.38. The number of nitrogens with one attached hydrogen (secondary N) is 1. The summed E-state index contributed by atoms with van der Waals surface area (Å²) in [5, 5.41) is 3.45. The van der Waals surface area contributed by atoms with E-state index in [0.29, 0.717) is 6.54 Å². The Bertz CT molecular complexity index is 384. The van der Waals surface area contributed by atoms with E-state index in [1.165, 1.54) is 20.0 Å². The Morgan fingerprint density at radius 1 is 1.41 bits per heavy atom. The summed E-state index contributed by atoms with van der Waals surface area (Å²) < 4.78 is 4.87. The van der Waals surface area contributed by atoms with E-state index in [-0.39, 0.29) is 17.4 Å². The SMILES string of the molecule is COC(=O)C(CNC1(C)CC1)c1ccccc1. The van der Waals surface area contributed by atoms with Gasteiger partial charge in [0, 0.05) is 12.1 Å². The van der Waals surface area contributed by atoms with Crippen molar-refractivity contribution in [1.29, 1.82) is 0 Å². The minimum atomic E-state index is -0.210. The van der Waals surface area contributed by atoms with Gasteiger partial charge in [0.1, 0.15) is 0 Å². The molecule has 1 saturated carbocycles. The molecule has 1 unspecified atom stereocenters. The molecule has 1 aliphatic carbocycles. The molecule has 1 aromatic rings. The van der Waals surface area contributed by atoms with Crippen LogP contribution in [0.1, 0.15) is 31.2 Å². The van der Waals surface area contributed by atoms with Crippen LogP contribution in [-0.2, 0) is 9.53 Å². The van der Waals surface area contributed by atoms with Crippen molar-refractivity contribution in [3.8, 4) is 0 Å². The Morgan fingerprint density at radius 3 is 2.59 bits per heavy atom. The standard InChI is InChI=1S/C14H19NO2/c1-14(8-9-14)15-10-12(13(16)17-2)11-6-4-3-5-7-11/h3-7,12,15H,8-10H2,1-2H3. The van der Waals surface area contributed by atoms with E-state index >= 15 is 0 Å². The fourth-order valence-corrected chi connectivity index (χ4v) is 1.88. The molecule has 0 bridgehead atoms. The minimum Gasteiger partial charge on any atom is -0.469 e. The minimum absolute atomic E-state index is 0.173. The molecule has 92 valence electrons. The summed E-state index contributed by atoms with van der Waals surface area (Å²) >= 11 is 0. The highest BCUT2D eigenvalue weighted by Gasteiger charge is 2.37. The first-order valence-electron chi connectivity index (χ1n) is 6.02. The van der Waals surface area contributed by atoms with Crippen LogP contribution in [0.5, 0.6) is 0 Å². The highest BCUT2D eigenvalue weighted by Crippen LogP contribution is 2.34. The topological polar surface area (TPSA) is 38.3 Å². The van der Waals surface area contributed by atoms with Crippen LogP contribution < -0.4 is 5.32 Å². The quantitative estimate of drug-likeness (QED) is 0.791. The van der Waals surface area contributed by atoms with E-state index < -0.39 is 0 Å². The fourth-order valence-electron chi connectivity index (χ4n) is 1.88. The zero-order valence-corrected chi connectivity index (χ0v) is 10.4. The number of carbonyl (C=O) groups excluding carboxylic acids is 1. The predicted molar refractivity (Wildman–Crippen MR) is 66.8 cm³/mol. The normalized spacial score (nSPS) is 18.5. The smallest absolute Gasteiger partial charge is 0.314 e. The van der Waals surface area contributed by atoms with Gasteiger partial charge in [-0.25, -0.2) is 0 Å². The van der Waals surface area contributed by atoms with Crippen molar-refractivity contribution in [3.05, 3.63) is 35.9 Å². The molecule has 2 rings (SSSR count). The lowest BCUT2D eigenvalue weighted by molar-refractivity contribution is -0.142. The van der Waals surface area contributed by atoms with Gasteiger partial charge in [-0.15, -0.1) is 0 Å². The number of esters is 1. The van der Waals surface area contributed by atoms with Gasteiger partial charge in [0.05, 0.1) is 13.0 Å². The number of benzene rings is 1. The van der Waals surface area contributed by atoms with Crippen LogP contribution >= 0.6 is 0 Å². The maximum atomic E-state index is 11.8. The second-order valence-corrected chi connectivity index (χ2v) is 4.93. The number of rotatable bonds is 5. The zero-order valence-electron chi connectivity index (χ0n) is 10.4. The molecular formula is C14H19NO2. The summed E-state index contributed by atoms with van der Waals surface area (Å²) in [7, 11) is 1.44. The second-order valence-electron chi connectivity index (χ2n) is 4.93. The van der Waals surface area contributed by atoms with Crippen molar-refractivity contribution in [2.24, 2.45) is 0 Å². The molecule has 0 aliphatic heterocycles. The summed E-state index contributed by atoms with van der Waals surface area (Å²) in [5.74, 6) is -0.383.